The van der Waals surface area contributed by atoms with Gasteiger partial charge < -0.3 is 4.74 Å². The lowest BCUT2D eigenvalue weighted by Crippen LogP contribution is -2.40. The Morgan fingerprint density at radius 3 is 3.06 bits per heavy atom. The molecule has 2 atom stereocenters. The van der Waals surface area contributed by atoms with Crippen molar-refractivity contribution in [2.24, 2.45) is 5.84 Å². The summed E-state index contributed by atoms with van der Waals surface area (Å²) in [6, 6.07) is 9.06. The molecule has 1 aromatic rings. The molecule has 0 bridgehead atoms. The molecule has 3 nitrogen and oxygen atoms in total. The number of rotatable bonds is 6. The summed E-state index contributed by atoms with van der Waals surface area (Å²) in [4.78, 5) is 0. The van der Waals surface area contributed by atoms with Gasteiger partial charge in [0.25, 0.3) is 0 Å². The van der Waals surface area contributed by atoms with E-state index in [-0.39, 0.29) is 6.04 Å². The highest BCUT2D eigenvalue weighted by Gasteiger charge is 2.22. The number of fused-ring (bicyclic) bond motifs is 1. The van der Waals surface area contributed by atoms with Crippen LogP contribution in [0.2, 0.25) is 0 Å². The van der Waals surface area contributed by atoms with Gasteiger partial charge in [0.2, 0.25) is 0 Å². The largest absolute Gasteiger partial charge is 0.380 e. The van der Waals surface area contributed by atoms with Crippen molar-refractivity contribution in [2.45, 2.75) is 44.6 Å². The molecule has 2 unspecified atom stereocenters. The highest BCUT2D eigenvalue weighted by molar-refractivity contribution is 5.32. The SMILES string of the molecule is CCOCC(CC1CCCc2ccccc21)NN. The van der Waals surface area contributed by atoms with Gasteiger partial charge in [-0.3, -0.25) is 11.3 Å². The van der Waals surface area contributed by atoms with Gasteiger partial charge in [0.05, 0.1) is 6.61 Å². The zero-order valence-corrected chi connectivity index (χ0v) is 11.2. The van der Waals surface area contributed by atoms with Crippen molar-refractivity contribution in [3.05, 3.63) is 35.4 Å². The van der Waals surface area contributed by atoms with E-state index in [0.717, 1.165) is 13.0 Å². The molecule has 3 heteroatoms. The third kappa shape index (κ3) is 3.31. The maximum atomic E-state index is 5.62. The van der Waals surface area contributed by atoms with Crippen molar-refractivity contribution >= 4 is 0 Å². The molecule has 0 fully saturated rings. The van der Waals surface area contributed by atoms with Crippen molar-refractivity contribution in [3.63, 3.8) is 0 Å². The molecule has 0 radical (unpaired) electrons. The second-order valence-corrected chi connectivity index (χ2v) is 5.05. The Labute approximate surface area is 110 Å². The predicted octanol–water partition coefficient (Wildman–Crippen LogP) is 2.37. The van der Waals surface area contributed by atoms with E-state index in [4.69, 9.17) is 10.6 Å². The van der Waals surface area contributed by atoms with Crippen LogP contribution < -0.4 is 11.3 Å². The Balaban J connectivity index is 2.01. The fourth-order valence-corrected chi connectivity index (χ4v) is 2.89. The molecule has 0 amide bonds. The summed E-state index contributed by atoms with van der Waals surface area (Å²) in [7, 11) is 0. The van der Waals surface area contributed by atoms with Crippen LogP contribution in [0.25, 0.3) is 0 Å². The van der Waals surface area contributed by atoms with Gasteiger partial charge in [0.1, 0.15) is 0 Å². The number of hydrazine groups is 1. The summed E-state index contributed by atoms with van der Waals surface area (Å²) in [5.74, 6) is 6.24. The normalized spacial score (nSPS) is 20.4. The Hall–Kier alpha value is -0.900. The van der Waals surface area contributed by atoms with E-state index in [0.29, 0.717) is 12.5 Å². The molecule has 18 heavy (non-hydrogen) atoms. The second kappa shape index (κ2) is 6.88. The summed E-state index contributed by atoms with van der Waals surface area (Å²) in [5.41, 5.74) is 5.92. The molecule has 0 saturated carbocycles. The molecule has 2 rings (SSSR count). The first-order valence-corrected chi connectivity index (χ1v) is 6.96. The van der Waals surface area contributed by atoms with Gasteiger partial charge in [-0.05, 0) is 49.7 Å². The number of nitrogens with one attached hydrogen (secondary N) is 1. The van der Waals surface area contributed by atoms with E-state index in [9.17, 15) is 0 Å². The zero-order chi connectivity index (χ0) is 12.8. The van der Waals surface area contributed by atoms with Crippen molar-refractivity contribution < 1.29 is 4.74 Å². The van der Waals surface area contributed by atoms with Gasteiger partial charge >= 0.3 is 0 Å². The molecular formula is C15H24N2O. The Kier molecular flexibility index (Phi) is 5.17. The molecule has 0 saturated heterocycles. The molecule has 100 valence electrons. The van der Waals surface area contributed by atoms with Crippen molar-refractivity contribution in [3.8, 4) is 0 Å². The fraction of sp³-hybridized carbons (Fsp3) is 0.600. The van der Waals surface area contributed by atoms with Crippen LogP contribution >= 0.6 is 0 Å². The summed E-state index contributed by atoms with van der Waals surface area (Å²) in [6.45, 7) is 3.47. The highest BCUT2D eigenvalue weighted by Crippen LogP contribution is 2.34. The Morgan fingerprint density at radius 1 is 1.44 bits per heavy atom. The molecule has 1 aliphatic carbocycles. The van der Waals surface area contributed by atoms with Crippen molar-refractivity contribution in [1.82, 2.24) is 5.43 Å². The van der Waals surface area contributed by atoms with E-state index in [1.807, 2.05) is 6.92 Å². The van der Waals surface area contributed by atoms with Crippen LogP contribution in [0.1, 0.15) is 43.2 Å². The van der Waals surface area contributed by atoms with Crippen molar-refractivity contribution in [1.29, 1.82) is 0 Å². The van der Waals surface area contributed by atoms with Gasteiger partial charge in [0.15, 0.2) is 0 Å². The fourth-order valence-electron chi connectivity index (χ4n) is 2.89. The summed E-state index contributed by atoms with van der Waals surface area (Å²) < 4.78 is 5.47. The number of benzene rings is 1. The zero-order valence-electron chi connectivity index (χ0n) is 11.2. The van der Waals surface area contributed by atoms with Crippen LogP contribution in [0, 0.1) is 0 Å². The standard InChI is InChI=1S/C15H24N2O/c1-2-18-11-14(17-16)10-13-8-5-7-12-6-3-4-9-15(12)13/h3-4,6,9,13-14,17H,2,5,7-8,10-11,16H2,1H3. The number of hydrogen-bond acceptors (Lipinski definition) is 3. The first-order valence-electron chi connectivity index (χ1n) is 6.96. The van der Waals surface area contributed by atoms with Crippen LogP contribution in [-0.2, 0) is 11.2 Å². The third-order valence-corrected chi connectivity index (χ3v) is 3.82. The topological polar surface area (TPSA) is 47.3 Å². The average Bonchev–Trinajstić information content (AvgIpc) is 2.43. The van der Waals surface area contributed by atoms with Crippen LogP contribution in [0.3, 0.4) is 0 Å². The first kappa shape index (κ1) is 13.5. The summed E-state index contributed by atoms with van der Waals surface area (Å²) in [6.07, 6.45) is 4.83. The minimum atomic E-state index is 0.251. The maximum Gasteiger partial charge on any atom is 0.0633 e. The number of nitrogens with two attached hydrogens (primary N) is 1. The molecule has 1 aliphatic rings. The molecule has 0 heterocycles. The average molecular weight is 248 g/mol. The highest BCUT2D eigenvalue weighted by atomic mass is 16.5. The lowest BCUT2D eigenvalue weighted by atomic mass is 9.80. The number of aryl methyl sites for hydroxylation is 1. The van der Waals surface area contributed by atoms with Crippen LogP contribution in [0.15, 0.2) is 24.3 Å². The summed E-state index contributed by atoms with van der Waals surface area (Å²) >= 11 is 0. The molecule has 0 aromatic heterocycles. The van der Waals surface area contributed by atoms with Gasteiger partial charge in [-0.25, -0.2) is 0 Å². The maximum absolute atomic E-state index is 5.62. The lowest BCUT2D eigenvalue weighted by molar-refractivity contribution is 0.117. The van der Waals surface area contributed by atoms with E-state index >= 15 is 0 Å². The van der Waals surface area contributed by atoms with Gasteiger partial charge in [-0.15, -0.1) is 0 Å². The second-order valence-electron chi connectivity index (χ2n) is 5.05. The van der Waals surface area contributed by atoms with Crippen LogP contribution in [0.5, 0.6) is 0 Å². The van der Waals surface area contributed by atoms with Crippen molar-refractivity contribution in [2.75, 3.05) is 13.2 Å². The van der Waals surface area contributed by atoms with Gasteiger partial charge in [-0.2, -0.15) is 0 Å². The quantitative estimate of drug-likeness (QED) is 0.600. The van der Waals surface area contributed by atoms with E-state index in [1.165, 1.54) is 30.4 Å². The monoisotopic (exact) mass is 248 g/mol. The summed E-state index contributed by atoms with van der Waals surface area (Å²) in [5, 5.41) is 0. The van der Waals surface area contributed by atoms with Crippen LogP contribution in [0.4, 0.5) is 0 Å². The molecular weight excluding hydrogens is 224 g/mol. The Morgan fingerprint density at radius 2 is 2.28 bits per heavy atom. The molecule has 1 aromatic carbocycles. The van der Waals surface area contributed by atoms with E-state index in [1.54, 1.807) is 0 Å². The lowest BCUT2D eigenvalue weighted by Gasteiger charge is -2.28. The third-order valence-electron chi connectivity index (χ3n) is 3.82. The molecule has 0 spiro atoms. The Bertz CT molecular complexity index is 367. The number of ether oxygens (including phenoxy) is 1. The van der Waals surface area contributed by atoms with E-state index in [2.05, 4.69) is 29.7 Å². The first-order chi connectivity index (χ1) is 8.85. The number of hydrogen-bond donors (Lipinski definition) is 2. The predicted molar refractivity (Wildman–Crippen MR) is 74.3 cm³/mol. The van der Waals surface area contributed by atoms with E-state index < -0.39 is 0 Å². The minimum absolute atomic E-state index is 0.251. The minimum Gasteiger partial charge on any atom is -0.380 e. The smallest absolute Gasteiger partial charge is 0.0633 e. The molecule has 0 aliphatic heterocycles. The van der Waals surface area contributed by atoms with Crippen LogP contribution in [-0.4, -0.2) is 19.3 Å². The van der Waals surface area contributed by atoms with Gasteiger partial charge in [-0.1, -0.05) is 24.3 Å². The van der Waals surface area contributed by atoms with Gasteiger partial charge in [0, 0.05) is 12.6 Å². The molecule has 3 N–H and O–H groups in total.